The minimum absolute atomic E-state index is 0.150. The summed E-state index contributed by atoms with van der Waals surface area (Å²) in [5, 5.41) is 9.05. The van der Waals surface area contributed by atoms with Crippen molar-refractivity contribution in [1.29, 1.82) is 0 Å². The average molecular weight is 361 g/mol. The third kappa shape index (κ3) is 5.93. The summed E-state index contributed by atoms with van der Waals surface area (Å²) in [5.41, 5.74) is 0.150. The molecule has 118 valence electrons. The lowest BCUT2D eigenvalue weighted by Gasteiger charge is -2.14. The van der Waals surface area contributed by atoms with Crippen LogP contribution in [0.15, 0.2) is 16.6 Å². The van der Waals surface area contributed by atoms with Crippen LogP contribution in [0.5, 0.6) is 11.5 Å². The van der Waals surface area contributed by atoms with Gasteiger partial charge in [-0.25, -0.2) is 4.79 Å². The Kier molecular flexibility index (Phi) is 8.15. The van der Waals surface area contributed by atoms with Crippen molar-refractivity contribution >= 4 is 21.9 Å². The van der Waals surface area contributed by atoms with E-state index < -0.39 is 5.97 Å². The van der Waals surface area contributed by atoms with E-state index in [1.54, 1.807) is 0 Å². The molecule has 1 aromatic carbocycles. The molecule has 0 unspecified atom stereocenters. The summed E-state index contributed by atoms with van der Waals surface area (Å²) in [5.74, 6) is -0.0927. The number of ether oxygens (including phenoxy) is 3. The quantitative estimate of drug-likeness (QED) is 0.643. The Morgan fingerprint density at radius 2 is 1.95 bits per heavy atom. The van der Waals surface area contributed by atoms with Crippen LogP contribution in [0.2, 0.25) is 0 Å². The van der Waals surface area contributed by atoms with Crippen molar-refractivity contribution < 1.29 is 24.1 Å². The minimum atomic E-state index is -1.01. The Morgan fingerprint density at radius 1 is 1.19 bits per heavy atom. The van der Waals surface area contributed by atoms with Crippen LogP contribution in [-0.4, -0.2) is 37.5 Å². The molecule has 1 N–H and O–H groups in total. The highest BCUT2D eigenvalue weighted by molar-refractivity contribution is 9.10. The fourth-order valence-corrected chi connectivity index (χ4v) is 2.20. The van der Waals surface area contributed by atoms with E-state index in [1.807, 2.05) is 6.92 Å². The van der Waals surface area contributed by atoms with Crippen molar-refractivity contribution in [2.75, 3.05) is 26.4 Å². The first-order valence-electron chi connectivity index (χ1n) is 7.00. The van der Waals surface area contributed by atoms with E-state index in [2.05, 4.69) is 22.9 Å². The molecule has 5 nitrogen and oxygen atoms in total. The van der Waals surface area contributed by atoms with Gasteiger partial charge in [0.1, 0.15) is 6.61 Å². The lowest BCUT2D eigenvalue weighted by molar-refractivity contribution is 0.0695. The maximum absolute atomic E-state index is 11.0. The van der Waals surface area contributed by atoms with Gasteiger partial charge in [0.15, 0.2) is 11.5 Å². The molecule has 0 aliphatic rings. The van der Waals surface area contributed by atoms with Gasteiger partial charge in [-0.15, -0.1) is 0 Å². The molecule has 0 saturated carbocycles. The minimum Gasteiger partial charge on any atom is -0.490 e. The summed E-state index contributed by atoms with van der Waals surface area (Å²) < 4.78 is 17.1. The Hall–Kier alpha value is -1.27. The largest absolute Gasteiger partial charge is 0.490 e. The van der Waals surface area contributed by atoms with Crippen molar-refractivity contribution in [1.82, 2.24) is 0 Å². The highest BCUT2D eigenvalue weighted by Gasteiger charge is 2.15. The van der Waals surface area contributed by atoms with Crippen LogP contribution in [-0.2, 0) is 4.74 Å². The second-order valence-corrected chi connectivity index (χ2v) is 5.19. The molecule has 0 amide bonds. The summed E-state index contributed by atoms with van der Waals surface area (Å²) in [7, 11) is 0. The van der Waals surface area contributed by atoms with E-state index >= 15 is 0 Å². The van der Waals surface area contributed by atoms with Crippen LogP contribution >= 0.6 is 15.9 Å². The van der Waals surface area contributed by atoms with Gasteiger partial charge < -0.3 is 19.3 Å². The monoisotopic (exact) mass is 360 g/mol. The maximum atomic E-state index is 11.0. The van der Waals surface area contributed by atoms with Gasteiger partial charge in [-0.1, -0.05) is 13.3 Å². The average Bonchev–Trinajstić information content (AvgIpc) is 2.44. The number of unbranched alkanes of at least 4 members (excludes halogenated alkanes) is 1. The first-order valence-corrected chi connectivity index (χ1v) is 7.79. The van der Waals surface area contributed by atoms with E-state index in [-0.39, 0.29) is 5.56 Å². The Labute approximate surface area is 133 Å². The lowest BCUT2D eigenvalue weighted by atomic mass is 10.2. The highest BCUT2D eigenvalue weighted by Crippen LogP contribution is 2.36. The molecular weight excluding hydrogens is 340 g/mol. The number of carbonyl (C=O) groups is 1. The maximum Gasteiger partial charge on any atom is 0.335 e. The predicted molar refractivity (Wildman–Crippen MR) is 83.5 cm³/mol. The molecule has 0 saturated heterocycles. The summed E-state index contributed by atoms with van der Waals surface area (Å²) in [6.45, 7) is 5.96. The predicted octanol–water partition coefficient (Wildman–Crippen LogP) is 3.74. The van der Waals surface area contributed by atoms with Crippen LogP contribution in [0.25, 0.3) is 0 Å². The molecular formula is C15H21BrO5. The zero-order chi connectivity index (χ0) is 15.7. The van der Waals surface area contributed by atoms with Gasteiger partial charge in [0.05, 0.1) is 23.2 Å². The van der Waals surface area contributed by atoms with Crippen LogP contribution < -0.4 is 9.47 Å². The molecule has 1 aromatic rings. The van der Waals surface area contributed by atoms with Gasteiger partial charge in [0.25, 0.3) is 0 Å². The van der Waals surface area contributed by atoms with Crippen LogP contribution in [0.4, 0.5) is 0 Å². The zero-order valence-corrected chi connectivity index (χ0v) is 13.9. The second kappa shape index (κ2) is 9.63. The van der Waals surface area contributed by atoms with Crippen LogP contribution in [0.3, 0.4) is 0 Å². The van der Waals surface area contributed by atoms with Crippen molar-refractivity contribution in [2.24, 2.45) is 0 Å². The number of benzene rings is 1. The number of hydrogen-bond donors (Lipinski definition) is 1. The van der Waals surface area contributed by atoms with Gasteiger partial charge in [0, 0.05) is 6.61 Å². The van der Waals surface area contributed by atoms with Gasteiger partial charge in [-0.05, 0) is 41.4 Å². The Bertz CT molecular complexity index is 462. The van der Waals surface area contributed by atoms with Gasteiger partial charge >= 0.3 is 5.97 Å². The molecule has 0 spiro atoms. The normalized spacial score (nSPS) is 10.4. The molecule has 0 aliphatic carbocycles. The van der Waals surface area contributed by atoms with Crippen molar-refractivity contribution in [3.63, 3.8) is 0 Å². The highest BCUT2D eigenvalue weighted by atomic mass is 79.9. The summed E-state index contributed by atoms with van der Waals surface area (Å²) in [4.78, 5) is 11.0. The van der Waals surface area contributed by atoms with Gasteiger partial charge in [-0.3, -0.25) is 0 Å². The molecule has 21 heavy (non-hydrogen) atoms. The molecule has 0 aliphatic heterocycles. The number of carboxylic acids is 1. The standard InChI is InChI=1S/C15H21BrO5/c1-3-5-6-19-7-8-21-14-12(16)9-11(15(17)18)10-13(14)20-4-2/h9-10H,3-8H2,1-2H3,(H,17,18). The molecule has 0 atom stereocenters. The third-order valence-corrected chi connectivity index (χ3v) is 3.26. The Balaban J connectivity index is 2.69. The number of rotatable bonds is 10. The van der Waals surface area contributed by atoms with Crippen molar-refractivity contribution in [2.45, 2.75) is 26.7 Å². The van der Waals surface area contributed by atoms with Crippen molar-refractivity contribution in [3.8, 4) is 11.5 Å². The van der Waals surface area contributed by atoms with E-state index in [0.29, 0.717) is 35.8 Å². The number of halogens is 1. The SMILES string of the molecule is CCCCOCCOc1c(Br)cc(C(=O)O)cc1OCC. The summed E-state index contributed by atoms with van der Waals surface area (Å²) >= 11 is 3.32. The smallest absolute Gasteiger partial charge is 0.335 e. The number of carboxylic acid groups (broad SMARTS) is 1. The van der Waals surface area contributed by atoms with Crippen molar-refractivity contribution in [3.05, 3.63) is 22.2 Å². The van der Waals surface area contributed by atoms with E-state index in [0.717, 1.165) is 19.4 Å². The van der Waals surface area contributed by atoms with E-state index in [4.69, 9.17) is 19.3 Å². The van der Waals surface area contributed by atoms with E-state index in [1.165, 1.54) is 12.1 Å². The third-order valence-electron chi connectivity index (χ3n) is 2.67. The first-order chi connectivity index (χ1) is 10.1. The summed E-state index contributed by atoms with van der Waals surface area (Å²) in [6, 6.07) is 2.96. The molecule has 0 heterocycles. The fourth-order valence-electron chi connectivity index (χ4n) is 1.65. The topological polar surface area (TPSA) is 65.0 Å². The van der Waals surface area contributed by atoms with E-state index in [9.17, 15) is 4.79 Å². The zero-order valence-electron chi connectivity index (χ0n) is 12.4. The lowest BCUT2D eigenvalue weighted by Crippen LogP contribution is -2.09. The number of hydrogen-bond acceptors (Lipinski definition) is 4. The molecule has 0 bridgehead atoms. The fraction of sp³-hybridized carbons (Fsp3) is 0.533. The second-order valence-electron chi connectivity index (χ2n) is 4.34. The molecule has 0 fully saturated rings. The van der Waals surface area contributed by atoms with Crippen LogP contribution in [0, 0.1) is 0 Å². The van der Waals surface area contributed by atoms with Gasteiger partial charge in [0.2, 0.25) is 0 Å². The molecule has 0 radical (unpaired) electrons. The Morgan fingerprint density at radius 3 is 2.57 bits per heavy atom. The summed E-state index contributed by atoms with van der Waals surface area (Å²) in [6.07, 6.45) is 2.12. The van der Waals surface area contributed by atoms with Gasteiger partial charge in [-0.2, -0.15) is 0 Å². The molecule has 1 rings (SSSR count). The van der Waals surface area contributed by atoms with Crippen LogP contribution in [0.1, 0.15) is 37.0 Å². The number of aromatic carboxylic acids is 1. The molecule has 6 heteroatoms. The first kappa shape index (κ1) is 17.8. The molecule has 0 aromatic heterocycles.